The van der Waals surface area contributed by atoms with Crippen LogP contribution < -0.4 is 5.48 Å². The molecule has 5 heteroatoms. The van der Waals surface area contributed by atoms with E-state index in [-0.39, 0.29) is 17.9 Å². The highest BCUT2D eigenvalue weighted by Gasteiger charge is 2.38. The van der Waals surface area contributed by atoms with Crippen LogP contribution in [0.3, 0.4) is 0 Å². The van der Waals surface area contributed by atoms with E-state index in [9.17, 15) is 4.79 Å². The number of aryl methyl sites for hydroxylation is 1. The van der Waals surface area contributed by atoms with Gasteiger partial charge in [0.05, 0.1) is 11.7 Å². The van der Waals surface area contributed by atoms with Crippen LogP contribution in [0.15, 0.2) is 10.6 Å². The molecular formula is C8H10N2O3. The van der Waals surface area contributed by atoms with E-state index in [1.54, 1.807) is 6.07 Å². The zero-order chi connectivity index (χ0) is 9.42. The van der Waals surface area contributed by atoms with E-state index >= 15 is 0 Å². The Balaban J connectivity index is 2.29. The zero-order valence-corrected chi connectivity index (χ0v) is 7.40. The van der Waals surface area contributed by atoms with Gasteiger partial charge in [-0.2, -0.15) is 0 Å². The normalized spacial score (nSPS) is 27.7. The maximum Gasteiger partial charge on any atom is 0.337 e. The standard InChI is InChI=1S/C8H10N2O3/c1-4-3-6(12-9-4)7-5(2)10-13-8(7)11/h3,5,7,10H,1-2H3. The summed E-state index contributed by atoms with van der Waals surface area (Å²) < 4.78 is 5.00. The van der Waals surface area contributed by atoms with Crippen molar-refractivity contribution < 1.29 is 14.2 Å². The quantitative estimate of drug-likeness (QED) is 0.685. The summed E-state index contributed by atoms with van der Waals surface area (Å²) in [6.45, 7) is 3.67. The second-order valence-corrected chi connectivity index (χ2v) is 3.18. The van der Waals surface area contributed by atoms with Gasteiger partial charge in [0.2, 0.25) is 0 Å². The van der Waals surface area contributed by atoms with E-state index in [0.717, 1.165) is 5.69 Å². The molecule has 2 rings (SSSR count). The number of carbonyl (C=O) groups excluding carboxylic acids is 1. The van der Waals surface area contributed by atoms with Gasteiger partial charge in [-0.15, -0.1) is 5.48 Å². The number of aromatic nitrogens is 1. The minimum absolute atomic E-state index is 0.0696. The largest absolute Gasteiger partial charge is 0.370 e. The Labute approximate surface area is 75.0 Å². The molecule has 1 aromatic heterocycles. The molecule has 1 N–H and O–H groups in total. The Morgan fingerprint density at radius 2 is 2.38 bits per heavy atom. The number of rotatable bonds is 1. The number of hydrogen-bond donors (Lipinski definition) is 1. The van der Waals surface area contributed by atoms with Crippen LogP contribution in [-0.2, 0) is 9.63 Å². The van der Waals surface area contributed by atoms with Gasteiger partial charge in [0, 0.05) is 6.07 Å². The number of hydrogen-bond acceptors (Lipinski definition) is 5. The molecule has 1 aliphatic rings. The van der Waals surface area contributed by atoms with Gasteiger partial charge in [-0.05, 0) is 13.8 Å². The number of carbonyl (C=O) groups is 1. The molecule has 2 atom stereocenters. The highest BCUT2D eigenvalue weighted by molar-refractivity contribution is 5.79. The monoisotopic (exact) mass is 182 g/mol. The van der Waals surface area contributed by atoms with E-state index in [1.165, 1.54) is 0 Å². The van der Waals surface area contributed by atoms with Crippen molar-refractivity contribution in [3.8, 4) is 0 Å². The maximum absolute atomic E-state index is 11.2. The fraction of sp³-hybridized carbons (Fsp3) is 0.500. The average Bonchev–Trinajstić information content (AvgIpc) is 2.60. The van der Waals surface area contributed by atoms with Crippen molar-refractivity contribution in [1.82, 2.24) is 10.6 Å². The Bertz CT molecular complexity index is 334. The fourth-order valence-corrected chi connectivity index (χ4v) is 1.38. The number of hydroxylamine groups is 1. The van der Waals surface area contributed by atoms with E-state index in [2.05, 4.69) is 15.5 Å². The molecule has 1 aromatic rings. The summed E-state index contributed by atoms with van der Waals surface area (Å²) in [5, 5.41) is 3.72. The van der Waals surface area contributed by atoms with Crippen LogP contribution in [0.4, 0.5) is 0 Å². The topological polar surface area (TPSA) is 64.4 Å². The third kappa shape index (κ3) is 1.31. The molecule has 0 spiro atoms. The summed E-state index contributed by atoms with van der Waals surface area (Å²) in [5.41, 5.74) is 3.36. The van der Waals surface area contributed by atoms with Crippen molar-refractivity contribution in [3.63, 3.8) is 0 Å². The highest BCUT2D eigenvalue weighted by atomic mass is 16.7. The Kier molecular flexibility index (Phi) is 1.81. The van der Waals surface area contributed by atoms with Crippen LogP contribution in [0.1, 0.15) is 24.3 Å². The van der Waals surface area contributed by atoms with Crippen LogP contribution >= 0.6 is 0 Å². The first-order chi connectivity index (χ1) is 6.18. The van der Waals surface area contributed by atoms with Crippen LogP contribution in [0, 0.1) is 6.92 Å². The Hall–Kier alpha value is -1.36. The molecule has 1 aliphatic heterocycles. The lowest BCUT2D eigenvalue weighted by Crippen LogP contribution is -2.21. The summed E-state index contributed by atoms with van der Waals surface area (Å²) in [7, 11) is 0. The predicted molar refractivity (Wildman–Crippen MR) is 42.7 cm³/mol. The van der Waals surface area contributed by atoms with Crippen LogP contribution in [0.5, 0.6) is 0 Å². The molecule has 5 nitrogen and oxygen atoms in total. The first-order valence-corrected chi connectivity index (χ1v) is 4.08. The van der Waals surface area contributed by atoms with E-state index < -0.39 is 0 Å². The Morgan fingerprint density at radius 3 is 2.85 bits per heavy atom. The molecule has 1 saturated heterocycles. The van der Waals surface area contributed by atoms with Gasteiger partial charge in [-0.25, -0.2) is 4.79 Å². The molecule has 0 bridgehead atoms. The summed E-state index contributed by atoms with van der Waals surface area (Å²) in [5.74, 6) is -0.134. The molecule has 1 fully saturated rings. The smallest absolute Gasteiger partial charge is 0.337 e. The number of nitrogens with one attached hydrogen (secondary N) is 1. The van der Waals surface area contributed by atoms with Crippen LogP contribution in [-0.4, -0.2) is 17.2 Å². The van der Waals surface area contributed by atoms with Crippen molar-refractivity contribution >= 4 is 5.97 Å². The van der Waals surface area contributed by atoms with Gasteiger partial charge in [0.1, 0.15) is 5.92 Å². The molecule has 0 aliphatic carbocycles. The highest BCUT2D eigenvalue weighted by Crippen LogP contribution is 2.25. The molecule has 2 heterocycles. The first kappa shape index (κ1) is 8.25. The molecule has 0 saturated carbocycles. The van der Waals surface area contributed by atoms with Crippen LogP contribution in [0.25, 0.3) is 0 Å². The predicted octanol–water partition coefficient (Wildman–Crippen LogP) is 0.517. The summed E-state index contributed by atoms with van der Waals surface area (Å²) in [6.07, 6.45) is 0. The van der Waals surface area contributed by atoms with E-state index in [0.29, 0.717) is 5.76 Å². The third-order valence-electron chi connectivity index (χ3n) is 2.05. The lowest BCUT2D eigenvalue weighted by molar-refractivity contribution is -0.144. The summed E-state index contributed by atoms with van der Waals surface area (Å²) in [4.78, 5) is 15.9. The number of nitrogens with zero attached hydrogens (tertiary/aromatic N) is 1. The Morgan fingerprint density at radius 1 is 1.62 bits per heavy atom. The molecule has 0 amide bonds. The molecule has 0 aromatic carbocycles. The van der Waals surface area contributed by atoms with Crippen LogP contribution in [0.2, 0.25) is 0 Å². The van der Waals surface area contributed by atoms with Gasteiger partial charge < -0.3 is 9.36 Å². The molecule has 0 radical (unpaired) electrons. The minimum Gasteiger partial charge on any atom is -0.370 e. The SMILES string of the molecule is Cc1cc(C2C(=O)ONC2C)on1. The van der Waals surface area contributed by atoms with Crippen molar-refractivity contribution in [2.45, 2.75) is 25.8 Å². The lowest BCUT2D eigenvalue weighted by Gasteiger charge is -2.03. The molecule has 70 valence electrons. The maximum atomic E-state index is 11.2. The lowest BCUT2D eigenvalue weighted by atomic mass is 10.0. The first-order valence-electron chi connectivity index (χ1n) is 4.08. The average molecular weight is 182 g/mol. The van der Waals surface area contributed by atoms with Gasteiger partial charge in [-0.3, -0.25) is 0 Å². The summed E-state index contributed by atoms with van der Waals surface area (Å²) in [6, 6.07) is 1.68. The van der Waals surface area contributed by atoms with Crippen molar-refractivity contribution in [3.05, 3.63) is 17.5 Å². The van der Waals surface area contributed by atoms with Gasteiger partial charge in [0.25, 0.3) is 0 Å². The third-order valence-corrected chi connectivity index (χ3v) is 2.05. The van der Waals surface area contributed by atoms with Crippen molar-refractivity contribution in [2.24, 2.45) is 0 Å². The van der Waals surface area contributed by atoms with E-state index in [1.807, 2.05) is 13.8 Å². The van der Waals surface area contributed by atoms with Gasteiger partial charge in [0.15, 0.2) is 5.76 Å². The van der Waals surface area contributed by atoms with Gasteiger partial charge in [-0.1, -0.05) is 5.16 Å². The molecule has 13 heavy (non-hydrogen) atoms. The minimum atomic E-state index is -0.374. The fourth-order valence-electron chi connectivity index (χ4n) is 1.38. The van der Waals surface area contributed by atoms with Crippen molar-refractivity contribution in [2.75, 3.05) is 0 Å². The second-order valence-electron chi connectivity index (χ2n) is 3.18. The molecular weight excluding hydrogens is 172 g/mol. The molecule has 2 unspecified atom stereocenters. The summed E-state index contributed by atoms with van der Waals surface area (Å²) >= 11 is 0. The zero-order valence-electron chi connectivity index (χ0n) is 7.40. The second kappa shape index (κ2) is 2.85. The van der Waals surface area contributed by atoms with Crippen molar-refractivity contribution in [1.29, 1.82) is 0 Å². The van der Waals surface area contributed by atoms with E-state index in [4.69, 9.17) is 4.52 Å². The van der Waals surface area contributed by atoms with Gasteiger partial charge >= 0.3 is 5.97 Å².